The number of aliphatic carboxylic acids is 2. The first-order chi connectivity index (χ1) is 11.0. The fraction of sp³-hybridized carbons (Fsp3) is 0.600. The SMILES string of the molecule is N[C@@H](CCC(=O)N[C@@H](CS)C(=O)NCC(=O)O)C(=O)O.O=[S-](O)=S. The fourth-order valence-corrected chi connectivity index (χ4v) is 1.41. The van der Waals surface area contributed by atoms with Crippen LogP contribution in [0.2, 0.25) is 0 Å². The minimum absolute atomic E-state index is 0.0256. The van der Waals surface area contributed by atoms with E-state index in [1.54, 1.807) is 0 Å². The third-order valence-corrected chi connectivity index (χ3v) is 2.61. The summed E-state index contributed by atoms with van der Waals surface area (Å²) in [6.45, 7) is -0.567. The van der Waals surface area contributed by atoms with Gasteiger partial charge in [-0.1, -0.05) is 9.64 Å². The van der Waals surface area contributed by atoms with Gasteiger partial charge < -0.3 is 35.3 Å². The van der Waals surface area contributed by atoms with Crippen LogP contribution in [-0.4, -0.2) is 62.9 Å². The monoisotopic (exact) mass is 404 g/mol. The van der Waals surface area contributed by atoms with Gasteiger partial charge >= 0.3 is 11.9 Å². The number of carbonyl (C=O) groups excluding carboxylic acids is 2. The van der Waals surface area contributed by atoms with Gasteiger partial charge in [-0.05, 0) is 6.42 Å². The number of thiol groups is 1. The van der Waals surface area contributed by atoms with Crippen LogP contribution in [0.4, 0.5) is 0 Å². The van der Waals surface area contributed by atoms with Gasteiger partial charge in [0.1, 0.15) is 18.6 Å². The molecule has 0 saturated heterocycles. The van der Waals surface area contributed by atoms with Crippen LogP contribution < -0.4 is 16.4 Å². The minimum atomic E-state index is -2.03. The Hall–Kier alpha value is -1.48. The Morgan fingerprint density at radius 1 is 1.25 bits per heavy atom. The van der Waals surface area contributed by atoms with Crippen molar-refractivity contribution in [2.45, 2.75) is 24.9 Å². The smallest absolute Gasteiger partial charge is 0.322 e. The van der Waals surface area contributed by atoms with Crippen LogP contribution in [-0.2, 0) is 44.2 Å². The van der Waals surface area contributed by atoms with Gasteiger partial charge in [0.05, 0.1) is 0 Å². The average molecular weight is 404 g/mol. The molecule has 0 saturated carbocycles. The lowest BCUT2D eigenvalue weighted by Crippen LogP contribution is -2.49. The van der Waals surface area contributed by atoms with Crippen molar-refractivity contribution in [2.75, 3.05) is 12.3 Å². The summed E-state index contributed by atoms with van der Waals surface area (Å²) in [6.07, 6.45) is -0.235. The zero-order valence-corrected chi connectivity index (χ0v) is 14.7. The molecule has 0 heterocycles. The molecule has 0 aliphatic rings. The van der Waals surface area contributed by atoms with Crippen LogP contribution in [0.3, 0.4) is 0 Å². The molecule has 0 aliphatic carbocycles. The highest BCUT2D eigenvalue weighted by Gasteiger charge is 2.20. The zero-order valence-electron chi connectivity index (χ0n) is 12.2. The number of carboxylic acid groups (broad SMARTS) is 2. The van der Waals surface area contributed by atoms with Gasteiger partial charge in [0, 0.05) is 12.2 Å². The summed E-state index contributed by atoms with van der Waals surface area (Å²) in [6, 6.07) is -2.15. The number of nitrogens with two attached hydrogens (primary N) is 1. The third kappa shape index (κ3) is 15.4. The van der Waals surface area contributed by atoms with Crippen molar-refractivity contribution in [3.05, 3.63) is 0 Å². The summed E-state index contributed by atoms with van der Waals surface area (Å²) < 4.78 is 16.3. The molecule has 0 fully saturated rings. The molecule has 2 atom stereocenters. The Bertz CT molecular complexity index is 517. The Morgan fingerprint density at radius 3 is 2.12 bits per heavy atom. The van der Waals surface area contributed by atoms with Gasteiger partial charge in [-0.3, -0.25) is 19.2 Å². The molecule has 7 N–H and O–H groups in total. The first-order valence-corrected chi connectivity index (χ1v) is 8.84. The lowest BCUT2D eigenvalue weighted by Gasteiger charge is -2.16. The summed E-state index contributed by atoms with van der Waals surface area (Å²) in [7, 11) is -2.03. The van der Waals surface area contributed by atoms with Crippen molar-refractivity contribution >= 4 is 57.2 Å². The molecule has 0 radical (unpaired) electrons. The predicted molar refractivity (Wildman–Crippen MR) is 89.3 cm³/mol. The maximum atomic E-state index is 11.5. The normalized spacial score (nSPS) is 12.3. The molecular formula is C10H18N3O8S3-. The molecule has 0 bridgehead atoms. The molecule has 0 aromatic heterocycles. The van der Waals surface area contributed by atoms with Crippen molar-refractivity contribution in [2.24, 2.45) is 5.73 Å². The van der Waals surface area contributed by atoms with Crippen LogP contribution in [0.15, 0.2) is 0 Å². The summed E-state index contributed by atoms with van der Waals surface area (Å²) >= 11 is 7.52. The minimum Gasteiger partial charge on any atom is -0.480 e. The zero-order chi connectivity index (χ0) is 19.3. The fourth-order valence-electron chi connectivity index (χ4n) is 1.16. The maximum Gasteiger partial charge on any atom is 0.322 e. The molecule has 2 amide bonds. The number of carbonyl (C=O) groups is 4. The number of nitrogens with one attached hydrogen (secondary N) is 2. The van der Waals surface area contributed by atoms with E-state index in [9.17, 15) is 19.2 Å². The van der Waals surface area contributed by atoms with E-state index in [1.165, 1.54) is 0 Å². The Kier molecular flexibility index (Phi) is 14.4. The lowest BCUT2D eigenvalue weighted by atomic mass is 10.1. The molecule has 0 aromatic rings. The average Bonchev–Trinajstić information content (AvgIpc) is 2.46. The first-order valence-electron chi connectivity index (χ1n) is 6.17. The van der Waals surface area contributed by atoms with Crippen molar-refractivity contribution in [3.63, 3.8) is 0 Å². The molecule has 24 heavy (non-hydrogen) atoms. The Balaban J connectivity index is 0. The van der Waals surface area contributed by atoms with Crippen molar-refractivity contribution in [1.29, 1.82) is 0 Å². The number of hydrogen-bond donors (Lipinski definition) is 7. The molecule has 0 unspecified atom stereocenters. The van der Waals surface area contributed by atoms with Crippen LogP contribution in [0, 0.1) is 0 Å². The summed E-state index contributed by atoms with van der Waals surface area (Å²) in [5.41, 5.74) is 5.23. The van der Waals surface area contributed by atoms with Gasteiger partial charge in [0.25, 0.3) is 0 Å². The van der Waals surface area contributed by atoms with Crippen LogP contribution in [0.1, 0.15) is 12.8 Å². The van der Waals surface area contributed by atoms with Gasteiger partial charge in [0.15, 0.2) is 0 Å². The topological polar surface area (TPSA) is 196 Å². The second kappa shape index (κ2) is 13.9. The molecule has 0 spiro atoms. The van der Waals surface area contributed by atoms with E-state index in [2.05, 4.69) is 34.5 Å². The molecule has 14 heteroatoms. The van der Waals surface area contributed by atoms with E-state index in [0.29, 0.717) is 0 Å². The van der Waals surface area contributed by atoms with E-state index in [4.69, 9.17) is 24.7 Å². The Labute approximate surface area is 149 Å². The van der Waals surface area contributed by atoms with Crippen LogP contribution in [0.25, 0.3) is 0 Å². The molecule has 140 valence electrons. The molecule has 0 aromatic carbocycles. The van der Waals surface area contributed by atoms with Gasteiger partial charge in [-0.2, -0.15) is 12.6 Å². The van der Waals surface area contributed by atoms with Crippen molar-refractivity contribution in [1.82, 2.24) is 10.6 Å². The van der Waals surface area contributed by atoms with E-state index in [1.807, 2.05) is 0 Å². The highest BCUT2D eigenvalue weighted by Crippen LogP contribution is 1.97. The summed E-state index contributed by atoms with van der Waals surface area (Å²) in [4.78, 5) is 43.7. The number of amides is 2. The Morgan fingerprint density at radius 2 is 1.75 bits per heavy atom. The molecule has 0 aliphatic heterocycles. The summed E-state index contributed by atoms with van der Waals surface area (Å²) in [5.74, 6) is -3.70. The molecule has 11 nitrogen and oxygen atoms in total. The van der Waals surface area contributed by atoms with Crippen LogP contribution >= 0.6 is 12.6 Å². The van der Waals surface area contributed by atoms with Crippen molar-refractivity contribution in [3.8, 4) is 0 Å². The third-order valence-electron chi connectivity index (χ3n) is 2.25. The maximum absolute atomic E-state index is 11.5. The quantitative estimate of drug-likeness (QED) is 0.124. The predicted octanol–water partition coefficient (Wildman–Crippen LogP) is -2.32. The number of hydrogen-bond acceptors (Lipinski definition) is 9. The van der Waals surface area contributed by atoms with Crippen LogP contribution in [0.5, 0.6) is 0 Å². The summed E-state index contributed by atoms with van der Waals surface area (Å²) in [5, 5.41) is 21.4. The largest absolute Gasteiger partial charge is 0.480 e. The van der Waals surface area contributed by atoms with E-state index in [0.717, 1.165) is 0 Å². The van der Waals surface area contributed by atoms with Gasteiger partial charge in [-0.25, -0.2) is 11.2 Å². The second-order valence-electron chi connectivity index (χ2n) is 4.11. The number of rotatable bonds is 9. The molecule has 0 rings (SSSR count). The first kappa shape index (κ1) is 24.8. The van der Waals surface area contributed by atoms with E-state index < -0.39 is 52.0 Å². The van der Waals surface area contributed by atoms with E-state index >= 15 is 0 Å². The van der Waals surface area contributed by atoms with Gasteiger partial charge in [0.2, 0.25) is 11.8 Å². The number of carboxylic acids is 2. The standard InChI is InChI=1S/C10H17N3O6S.HO2S2/c11-5(10(18)19)1-2-7(14)13-6(4-20)9(17)12-3-8(15)16;1-4(2)3/h5-6,20H,1-4,11H2,(H,12,17)(H,13,14)(H,15,16)(H,18,19);(H,1,2,3)/q;-1/t5-,6-;/m0./s1. The lowest BCUT2D eigenvalue weighted by molar-refractivity contribution is -0.139. The highest BCUT2D eigenvalue weighted by molar-refractivity contribution is 8.18. The van der Waals surface area contributed by atoms with Crippen molar-refractivity contribution < 1.29 is 38.2 Å². The second-order valence-corrected chi connectivity index (χ2v) is 5.77. The van der Waals surface area contributed by atoms with E-state index in [-0.39, 0.29) is 18.6 Å². The highest BCUT2D eigenvalue weighted by atomic mass is 32.8. The molecular weight excluding hydrogens is 386 g/mol. The van der Waals surface area contributed by atoms with Gasteiger partial charge in [-0.15, -0.1) is 0 Å².